The summed E-state index contributed by atoms with van der Waals surface area (Å²) in [6.45, 7) is 1.70. The maximum atomic E-state index is 12.0. The molecule has 2 atom stereocenters. The molecular weight excluding hydrogens is 274 g/mol. The highest BCUT2D eigenvalue weighted by Gasteiger charge is 2.27. The lowest BCUT2D eigenvalue weighted by Gasteiger charge is -2.34. The van der Waals surface area contributed by atoms with E-state index < -0.39 is 6.10 Å². The first-order valence-electron chi connectivity index (χ1n) is 7.00. The van der Waals surface area contributed by atoms with Crippen LogP contribution < -0.4 is 5.56 Å². The molecule has 3 N–H and O–H groups in total. The number of hydrogen-bond acceptors (Lipinski definition) is 6. The lowest BCUT2D eigenvalue weighted by atomic mass is 9.95. The summed E-state index contributed by atoms with van der Waals surface area (Å²) in [7, 11) is 1.75. The average molecular weight is 293 g/mol. The fourth-order valence-electron chi connectivity index (χ4n) is 2.77. The molecule has 3 rings (SSSR count). The van der Waals surface area contributed by atoms with Crippen LogP contribution in [-0.4, -0.2) is 60.7 Å². The monoisotopic (exact) mass is 293 g/mol. The predicted octanol–water partition coefficient (Wildman–Crippen LogP) is -1.17. The van der Waals surface area contributed by atoms with Crippen molar-refractivity contribution in [3.8, 4) is 0 Å². The smallest absolute Gasteiger partial charge is 0.262 e. The third-order valence-electron chi connectivity index (χ3n) is 4.06. The highest BCUT2D eigenvalue weighted by molar-refractivity contribution is 5.72. The van der Waals surface area contributed by atoms with Crippen molar-refractivity contribution in [2.24, 2.45) is 13.0 Å². The van der Waals surface area contributed by atoms with Crippen molar-refractivity contribution in [3.05, 3.63) is 22.4 Å². The Labute approximate surface area is 121 Å². The summed E-state index contributed by atoms with van der Waals surface area (Å²) in [5, 5.41) is 23.6. The number of piperidine rings is 1. The van der Waals surface area contributed by atoms with Gasteiger partial charge in [0.1, 0.15) is 11.2 Å². The Morgan fingerprint density at radius 2 is 2.33 bits per heavy atom. The summed E-state index contributed by atoms with van der Waals surface area (Å²) in [5.41, 5.74) is 0.355. The number of aliphatic hydroxyl groups excluding tert-OH is 2. The number of aromatic nitrogens is 4. The van der Waals surface area contributed by atoms with E-state index in [2.05, 4.69) is 15.1 Å². The van der Waals surface area contributed by atoms with Gasteiger partial charge in [0.25, 0.3) is 5.56 Å². The molecule has 1 aliphatic rings. The first-order valence-corrected chi connectivity index (χ1v) is 7.00. The zero-order valence-corrected chi connectivity index (χ0v) is 11.9. The summed E-state index contributed by atoms with van der Waals surface area (Å²) < 4.78 is 1.57. The number of likely N-dealkylation sites (tertiary alicyclic amines) is 1. The molecule has 0 aromatic carbocycles. The minimum atomic E-state index is -0.545. The molecule has 8 heteroatoms. The van der Waals surface area contributed by atoms with Crippen LogP contribution in [0.3, 0.4) is 0 Å². The number of nitrogens with zero attached hydrogens (tertiary/aromatic N) is 4. The zero-order chi connectivity index (χ0) is 15.0. The molecule has 0 bridgehead atoms. The topological polar surface area (TPSA) is 107 Å². The summed E-state index contributed by atoms with van der Waals surface area (Å²) in [5.74, 6) is 0.499. The van der Waals surface area contributed by atoms with Gasteiger partial charge < -0.3 is 15.2 Å². The number of fused-ring (bicyclic) bond motifs is 1. The van der Waals surface area contributed by atoms with Crippen LogP contribution in [0.25, 0.3) is 11.0 Å². The molecule has 2 aromatic rings. The number of nitrogens with one attached hydrogen (secondary N) is 1. The average Bonchev–Trinajstić information content (AvgIpc) is 2.81. The normalized spacial score (nSPS) is 23.8. The van der Waals surface area contributed by atoms with Crippen molar-refractivity contribution in [3.63, 3.8) is 0 Å². The van der Waals surface area contributed by atoms with Crippen molar-refractivity contribution in [1.82, 2.24) is 24.6 Å². The maximum Gasteiger partial charge on any atom is 0.262 e. The molecule has 21 heavy (non-hydrogen) atoms. The molecule has 1 saturated heterocycles. The van der Waals surface area contributed by atoms with Crippen LogP contribution in [-0.2, 0) is 13.6 Å². The van der Waals surface area contributed by atoms with E-state index in [1.165, 1.54) is 6.20 Å². The standard InChI is InChI=1S/C13H19N5O3/c1-17-12-9(4-14-17)13(21)16-11(15-12)6-18-3-2-8(7-19)10(20)5-18/h4,8,10,19-20H,2-3,5-7H2,1H3,(H,15,16,21)/t8-,10+/m1/s1. The largest absolute Gasteiger partial charge is 0.396 e. The summed E-state index contributed by atoms with van der Waals surface area (Å²) in [6, 6.07) is 0. The third-order valence-corrected chi connectivity index (χ3v) is 4.06. The predicted molar refractivity (Wildman–Crippen MR) is 75.6 cm³/mol. The molecule has 0 spiro atoms. The summed E-state index contributed by atoms with van der Waals surface area (Å²) in [4.78, 5) is 21.2. The number of aromatic amines is 1. The second-order valence-corrected chi connectivity index (χ2v) is 5.55. The first kappa shape index (κ1) is 14.2. The number of β-amino-alcohol motifs (C(OH)–C–C–N with tert-alkyl or cyclic N) is 1. The number of aliphatic hydroxyl groups is 2. The van der Waals surface area contributed by atoms with Crippen LogP contribution in [0.5, 0.6) is 0 Å². The van der Waals surface area contributed by atoms with Gasteiger partial charge in [-0.2, -0.15) is 5.10 Å². The second kappa shape index (κ2) is 5.55. The van der Waals surface area contributed by atoms with Crippen molar-refractivity contribution >= 4 is 11.0 Å². The number of aryl methyl sites for hydroxylation is 1. The first-order chi connectivity index (χ1) is 10.1. The minimum absolute atomic E-state index is 0.00503. The van der Waals surface area contributed by atoms with E-state index in [0.29, 0.717) is 29.9 Å². The maximum absolute atomic E-state index is 12.0. The Bertz CT molecular complexity index is 695. The van der Waals surface area contributed by atoms with E-state index in [0.717, 1.165) is 13.0 Å². The van der Waals surface area contributed by atoms with Crippen LogP contribution in [0.2, 0.25) is 0 Å². The van der Waals surface area contributed by atoms with Gasteiger partial charge in [0, 0.05) is 26.1 Å². The quantitative estimate of drug-likeness (QED) is 0.658. The number of H-pyrrole nitrogens is 1. The van der Waals surface area contributed by atoms with Gasteiger partial charge in [-0.25, -0.2) is 4.98 Å². The van der Waals surface area contributed by atoms with Gasteiger partial charge in [0.15, 0.2) is 5.65 Å². The highest BCUT2D eigenvalue weighted by atomic mass is 16.3. The van der Waals surface area contributed by atoms with E-state index in [1.54, 1.807) is 11.7 Å². The molecule has 0 radical (unpaired) electrons. The van der Waals surface area contributed by atoms with E-state index in [4.69, 9.17) is 5.11 Å². The summed E-state index contributed by atoms with van der Waals surface area (Å²) >= 11 is 0. The molecule has 1 fully saturated rings. The van der Waals surface area contributed by atoms with Gasteiger partial charge in [0.05, 0.1) is 18.8 Å². The molecule has 0 saturated carbocycles. The Morgan fingerprint density at radius 3 is 3.05 bits per heavy atom. The van der Waals surface area contributed by atoms with E-state index in [1.807, 2.05) is 4.90 Å². The van der Waals surface area contributed by atoms with Crippen molar-refractivity contribution in [2.45, 2.75) is 19.1 Å². The lowest BCUT2D eigenvalue weighted by Crippen LogP contribution is -2.44. The van der Waals surface area contributed by atoms with Crippen LogP contribution in [0.1, 0.15) is 12.2 Å². The van der Waals surface area contributed by atoms with E-state index in [9.17, 15) is 9.90 Å². The number of rotatable bonds is 3. The molecule has 2 aromatic heterocycles. The van der Waals surface area contributed by atoms with E-state index in [-0.39, 0.29) is 18.1 Å². The zero-order valence-electron chi connectivity index (χ0n) is 11.9. The highest BCUT2D eigenvalue weighted by Crippen LogP contribution is 2.18. The molecule has 0 amide bonds. The molecule has 114 valence electrons. The van der Waals surface area contributed by atoms with Crippen LogP contribution in [0.4, 0.5) is 0 Å². The molecule has 0 unspecified atom stereocenters. The van der Waals surface area contributed by atoms with Crippen molar-refractivity contribution in [1.29, 1.82) is 0 Å². The Hall–Kier alpha value is -1.77. The van der Waals surface area contributed by atoms with Gasteiger partial charge in [0.2, 0.25) is 0 Å². The second-order valence-electron chi connectivity index (χ2n) is 5.55. The minimum Gasteiger partial charge on any atom is -0.396 e. The van der Waals surface area contributed by atoms with Crippen molar-refractivity contribution in [2.75, 3.05) is 19.7 Å². The Morgan fingerprint density at radius 1 is 1.52 bits per heavy atom. The SMILES string of the molecule is Cn1ncc2c(=O)[nH]c(CN3CC[C@H](CO)[C@@H](O)C3)nc21. The molecule has 0 aliphatic carbocycles. The van der Waals surface area contributed by atoms with Crippen LogP contribution in [0, 0.1) is 5.92 Å². The van der Waals surface area contributed by atoms with Crippen LogP contribution in [0.15, 0.2) is 11.0 Å². The van der Waals surface area contributed by atoms with Crippen LogP contribution >= 0.6 is 0 Å². The third kappa shape index (κ3) is 2.69. The Balaban J connectivity index is 1.79. The van der Waals surface area contributed by atoms with Gasteiger partial charge in [-0.3, -0.25) is 14.4 Å². The molecule has 3 heterocycles. The Kier molecular flexibility index (Phi) is 3.75. The number of hydrogen-bond donors (Lipinski definition) is 3. The molecule has 8 nitrogen and oxygen atoms in total. The van der Waals surface area contributed by atoms with Gasteiger partial charge in [-0.1, -0.05) is 0 Å². The fourth-order valence-corrected chi connectivity index (χ4v) is 2.77. The van der Waals surface area contributed by atoms with Gasteiger partial charge >= 0.3 is 0 Å². The van der Waals surface area contributed by atoms with E-state index >= 15 is 0 Å². The van der Waals surface area contributed by atoms with Gasteiger partial charge in [-0.15, -0.1) is 0 Å². The van der Waals surface area contributed by atoms with Crippen molar-refractivity contribution < 1.29 is 10.2 Å². The molecular formula is C13H19N5O3. The fraction of sp³-hybridized carbons (Fsp3) is 0.615. The van der Waals surface area contributed by atoms with Gasteiger partial charge in [-0.05, 0) is 13.0 Å². The lowest BCUT2D eigenvalue weighted by molar-refractivity contribution is -0.00516. The molecule has 1 aliphatic heterocycles. The summed E-state index contributed by atoms with van der Waals surface area (Å²) in [6.07, 6.45) is 1.69.